The number of hydrogen-bond acceptors (Lipinski definition) is 1. The monoisotopic (exact) mass is 356 g/mol. The lowest BCUT2D eigenvalue weighted by molar-refractivity contribution is -0.113. The number of ketones is 1. The average molecular weight is 357 g/mol. The van der Waals surface area contributed by atoms with E-state index in [2.05, 4.69) is 6.92 Å². The summed E-state index contributed by atoms with van der Waals surface area (Å²) < 4.78 is 0. The summed E-state index contributed by atoms with van der Waals surface area (Å²) in [6, 6.07) is 15.1. The van der Waals surface area contributed by atoms with Crippen LogP contribution in [0.15, 0.2) is 59.7 Å². The second-order valence-corrected chi connectivity index (χ2v) is 7.16. The SMILES string of the molecule is CC1CC(=Cc2ccc(Cl)cc2)C(=O)C(=Cc2ccc(Cl)cc2)C1. The summed E-state index contributed by atoms with van der Waals surface area (Å²) in [6.07, 6.45) is 5.56. The predicted molar refractivity (Wildman–Crippen MR) is 102 cm³/mol. The quantitative estimate of drug-likeness (QED) is 0.564. The van der Waals surface area contributed by atoms with Crippen LogP contribution < -0.4 is 0 Å². The Morgan fingerprint density at radius 2 is 1.17 bits per heavy atom. The molecule has 0 N–H and O–H groups in total. The second-order valence-electron chi connectivity index (χ2n) is 6.28. The van der Waals surface area contributed by atoms with Crippen LogP contribution >= 0.6 is 23.2 Å². The lowest BCUT2D eigenvalue weighted by Gasteiger charge is -2.22. The van der Waals surface area contributed by atoms with Gasteiger partial charge >= 0.3 is 0 Å². The van der Waals surface area contributed by atoms with E-state index in [1.54, 1.807) is 0 Å². The van der Waals surface area contributed by atoms with Crippen LogP contribution in [0.5, 0.6) is 0 Å². The summed E-state index contributed by atoms with van der Waals surface area (Å²) in [5.74, 6) is 0.581. The van der Waals surface area contributed by atoms with Gasteiger partial charge in [-0.3, -0.25) is 4.79 Å². The van der Waals surface area contributed by atoms with Crippen LogP contribution in [0, 0.1) is 5.92 Å². The van der Waals surface area contributed by atoms with Crippen molar-refractivity contribution >= 4 is 41.1 Å². The van der Waals surface area contributed by atoms with E-state index in [0.717, 1.165) is 35.1 Å². The summed E-state index contributed by atoms with van der Waals surface area (Å²) in [5.41, 5.74) is 3.72. The van der Waals surface area contributed by atoms with Crippen molar-refractivity contribution in [3.8, 4) is 0 Å². The maximum atomic E-state index is 12.8. The molecule has 24 heavy (non-hydrogen) atoms. The van der Waals surface area contributed by atoms with Crippen LogP contribution in [0.3, 0.4) is 0 Å². The van der Waals surface area contributed by atoms with E-state index in [1.165, 1.54) is 0 Å². The predicted octanol–water partition coefficient (Wildman–Crippen LogP) is 6.46. The maximum Gasteiger partial charge on any atom is 0.185 e. The minimum absolute atomic E-state index is 0.137. The Morgan fingerprint density at radius 1 is 0.792 bits per heavy atom. The average Bonchev–Trinajstić information content (AvgIpc) is 2.56. The first-order valence-corrected chi connectivity index (χ1v) is 8.74. The van der Waals surface area contributed by atoms with Gasteiger partial charge in [-0.15, -0.1) is 0 Å². The topological polar surface area (TPSA) is 17.1 Å². The highest BCUT2D eigenvalue weighted by Crippen LogP contribution is 2.32. The number of rotatable bonds is 2. The van der Waals surface area contributed by atoms with Crippen LogP contribution in [-0.2, 0) is 4.79 Å². The number of allylic oxidation sites excluding steroid dienone is 2. The Bertz CT molecular complexity index is 731. The zero-order valence-corrected chi connectivity index (χ0v) is 14.9. The molecule has 3 rings (SSSR count). The van der Waals surface area contributed by atoms with Gasteiger partial charge in [0, 0.05) is 21.2 Å². The summed E-state index contributed by atoms with van der Waals surface area (Å²) in [5, 5.41) is 1.40. The van der Waals surface area contributed by atoms with E-state index in [1.807, 2.05) is 60.7 Å². The molecule has 0 atom stereocenters. The van der Waals surface area contributed by atoms with Crippen LogP contribution in [-0.4, -0.2) is 5.78 Å². The molecule has 0 aliphatic heterocycles. The van der Waals surface area contributed by atoms with Gasteiger partial charge in [0.2, 0.25) is 0 Å². The first kappa shape index (κ1) is 17.0. The molecule has 0 heterocycles. The zero-order chi connectivity index (χ0) is 17.1. The number of hydrogen-bond donors (Lipinski definition) is 0. The first-order valence-electron chi connectivity index (χ1n) is 7.98. The molecule has 1 aliphatic rings. The minimum atomic E-state index is 0.137. The Kier molecular flexibility index (Phi) is 5.23. The molecule has 2 aromatic rings. The second kappa shape index (κ2) is 7.38. The Hall–Kier alpha value is -1.83. The van der Waals surface area contributed by atoms with Crippen LogP contribution in [0.25, 0.3) is 12.2 Å². The van der Waals surface area contributed by atoms with Crippen molar-refractivity contribution in [3.63, 3.8) is 0 Å². The molecule has 122 valence electrons. The van der Waals surface area contributed by atoms with Crippen molar-refractivity contribution in [2.75, 3.05) is 0 Å². The molecule has 0 bridgehead atoms. The number of carbonyl (C=O) groups is 1. The van der Waals surface area contributed by atoms with Crippen molar-refractivity contribution in [1.82, 2.24) is 0 Å². The minimum Gasteiger partial charge on any atom is -0.289 e. The molecule has 3 heteroatoms. The van der Waals surface area contributed by atoms with Crippen LogP contribution in [0.1, 0.15) is 30.9 Å². The van der Waals surface area contributed by atoms with Crippen molar-refractivity contribution in [2.45, 2.75) is 19.8 Å². The van der Waals surface area contributed by atoms with Gasteiger partial charge in [-0.25, -0.2) is 0 Å². The third-order valence-corrected chi connectivity index (χ3v) is 4.65. The molecular weight excluding hydrogens is 339 g/mol. The highest BCUT2D eigenvalue weighted by Gasteiger charge is 2.25. The molecule has 1 saturated carbocycles. The standard InChI is InChI=1S/C21H18Cl2O/c1-14-10-17(12-15-2-6-19(22)7-3-15)21(24)18(11-14)13-16-4-8-20(23)9-5-16/h2-9,12-14H,10-11H2,1H3. The normalized spacial score (nSPS) is 21.5. The lowest BCUT2D eigenvalue weighted by Crippen LogP contribution is -2.18. The Labute approximate surface area is 152 Å². The van der Waals surface area contributed by atoms with Gasteiger partial charge < -0.3 is 0 Å². The molecule has 0 aromatic heterocycles. The van der Waals surface area contributed by atoms with Crippen LogP contribution in [0.2, 0.25) is 10.0 Å². The highest BCUT2D eigenvalue weighted by molar-refractivity contribution is 6.30. The zero-order valence-electron chi connectivity index (χ0n) is 13.4. The fourth-order valence-corrected chi connectivity index (χ4v) is 3.24. The summed E-state index contributed by atoms with van der Waals surface area (Å²) in [6.45, 7) is 2.18. The fraction of sp³-hybridized carbons (Fsp3) is 0.190. The van der Waals surface area contributed by atoms with E-state index < -0.39 is 0 Å². The number of benzene rings is 2. The van der Waals surface area contributed by atoms with Gasteiger partial charge in [0.25, 0.3) is 0 Å². The van der Waals surface area contributed by atoms with Crippen LogP contribution in [0.4, 0.5) is 0 Å². The number of halogens is 2. The number of carbonyl (C=O) groups excluding carboxylic acids is 1. The van der Waals surface area contributed by atoms with E-state index >= 15 is 0 Å². The van der Waals surface area contributed by atoms with Crippen molar-refractivity contribution < 1.29 is 4.79 Å². The third-order valence-electron chi connectivity index (χ3n) is 4.14. The molecule has 0 amide bonds. The molecule has 1 fully saturated rings. The highest BCUT2D eigenvalue weighted by atomic mass is 35.5. The van der Waals surface area contributed by atoms with E-state index in [-0.39, 0.29) is 5.78 Å². The van der Waals surface area contributed by atoms with Gasteiger partial charge in [0.15, 0.2) is 5.78 Å². The molecule has 0 saturated heterocycles. The lowest BCUT2D eigenvalue weighted by atomic mass is 9.81. The summed E-state index contributed by atoms with van der Waals surface area (Å²) >= 11 is 11.8. The molecule has 0 radical (unpaired) electrons. The number of Topliss-reactive ketones (excluding diaryl/α,β-unsaturated/α-hetero) is 1. The fourth-order valence-electron chi connectivity index (χ4n) is 2.98. The van der Waals surface area contributed by atoms with Gasteiger partial charge in [0.05, 0.1) is 0 Å². The van der Waals surface area contributed by atoms with Gasteiger partial charge in [0.1, 0.15) is 0 Å². The molecule has 1 nitrogen and oxygen atoms in total. The van der Waals surface area contributed by atoms with E-state index in [0.29, 0.717) is 16.0 Å². The summed E-state index contributed by atoms with van der Waals surface area (Å²) in [4.78, 5) is 12.8. The largest absolute Gasteiger partial charge is 0.289 e. The maximum absolute atomic E-state index is 12.8. The van der Waals surface area contributed by atoms with Gasteiger partial charge in [-0.2, -0.15) is 0 Å². The summed E-state index contributed by atoms with van der Waals surface area (Å²) in [7, 11) is 0. The third kappa shape index (κ3) is 4.17. The Balaban J connectivity index is 1.90. The Morgan fingerprint density at radius 3 is 1.54 bits per heavy atom. The van der Waals surface area contributed by atoms with Gasteiger partial charge in [-0.1, -0.05) is 54.4 Å². The van der Waals surface area contributed by atoms with Crippen molar-refractivity contribution in [2.24, 2.45) is 5.92 Å². The van der Waals surface area contributed by atoms with E-state index in [9.17, 15) is 4.79 Å². The van der Waals surface area contributed by atoms with E-state index in [4.69, 9.17) is 23.2 Å². The van der Waals surface area contributed by atoms with Crippen molar-refractivity contribution in [3.05, 3.63) is 80.8 Å². The molecular formula is C21H18Cl2O. The molecule has 0 unspecified atom stereocenters. The van der Waals surface area contributed by atoms with Crippen molar-refractivity contribution in [1.29, 1.82) is 0 Å². The molecule has 1 aliphatic carbocycles. The molecule has 2 aromatic carbocycles. The smallest absolute Gasteiger partial charge is 0.185 e. The first-order chi connectivity index (χ1) is 11.5. The van der Waals surface area contributed by atoms with Gasteiger partial charge in [-0.05, 0) is 66.3 Å². The molecule has 0 spiro atoms.